The van der Waals surface area contributed by atoms with Gasteiger partial charge in [-0.3, -0.25) is 19.7 Å². The first-order chi connectivity index (χ1) is 9.93. The third kappa shape index (κ3) is 5.40. The van der Waals surface area contributed by atoms with E-state index in [0.717, 1.165) is 0 Å². The summed E-state index contributed by atoms with van der Waals surface area (Å²) in [4.78, 5) is 32.1. The number of hydrogen-bond donors (Lipinski definition) is 0. The quantitative estimate of drug-likeness (QED) is 0.329. The third-order valence-electron chi connectivity index (χ3n) is 2.70. The first-order valence-corrected chi connectivity index (χ1v) is 6.23. The molecule has 1 unspecified atom stereocenters. The summed E-state index contributed by atoms with van der Waals surface area (Å²) in [5.41, 5.74) is 0.399. The molecule has 21 heavy (non-hydrogen) atoms. The van der Waals surface area contributed by atoms with E-state index >= 15 is 0 Å². The van der Waals surface area contributed by atoms with Crippen molar-refractivity contribution in [3.05, 3.63) is 39.9 Å². The number of nitro groups is 1. The molecule has 0 fully saturated rings. The summed E-state index contributed by atoms with van der Waals surface area (Å²) in [6, 6.07) is 7.79. The number of non-ortho nitro benzene ring substituents is 1. The summed E-state index contributed by atoms with van der Waals surface area (Å²) in [6.45, 7) is 1.26. The van der Waals surface area contributed by atoms with Crippen LogP contribution in [0.1, 0.15) is 31.2 Å². The standard InChI is InChI=1S/C14H14N2O5/c1-10(17)7-14(18)21-6-5-12(9-15)11-3-2-4-13(8-11)16(19)20/h2-4,8,12H,5-7H2,1H3. The van der Waals surface area contributed by atoms with E-state index in [4.69, 9.17) is 10.00 Å². The lowest BCUT2D eigenvalue weighted by molar-refractivity contribution is -0.384. The van der Waals surface area contributed by atoms with Crippen LogP contribution in [0.15, 0.2) is 24.3 Å². The molecule has 0 aliphatic rings. The Balaban J connectivity index is 2.62. The summed E-state index contributed by atoms with van der Waals surface area (Å²) in [5, 5.41) is 19.8. The number of benzene rings is 1. The molecular formula is C14H14N2O5. The Morgan fingerprint density at radius 3 is 2.76 bits per heavy atom. The number of rotatable bonds is 7. The molecule has 0 N–H and O–H groups in total. The Bertz CT molecular complexity index is 591. The Morgan fingerprint density at radius 1 is 1.48 bits per heavy atom. The van der Waals surface area contributed by atoms with Gasteiger partial charge in [-0.05, 0) is 12.5 Å². The van der Waals surface area contributed by atoms with Crippen LogP contribution < -0.4 is 0 Å². The fourth-order valence-electron chi connectivity index (χ4n) is 1.71. The average molecular weight is 290 g/mol. The summed E-state index contributed by atoms with van der Waals surface area (Å²) in [7, 11) is 0. The van der Waals surface area contributed by atoms with E-state index in [9.17, 15) is 19.7 Å². The van der Waals surface area contributed by atoms with Crippen molar-refractivity contribution in [3.8, 4) is 6.07 Å². The molecule has 0 amide bonds. The minimum Gasteiger partial charge on any atom is -0.465 e. The van der Waals surface area contributed by atoms with Gasteiger partial charge in [-0.2, -0.15) is 5.26 Å². The molecule has 1 aromatic carbocycles. The second kappa shape index (κ2) is 7.75. The fraction of sp³-hybridized carbons (Fsp3) is 0.357. The maximum Gasteiger partial charge on any atom is 0.313 e. The highest BCUT2D eigenvalue weighted by molar-refractivity contribution is 5.94. The Kier molecular flexibility index (Phi) is 6.01. The van der Waals surface area contributed by atoms with Crippen molar-refractivity contribution < 1.29 is 19.2 Å². The van der Waals surface area contributed by atoms with Crippen LogP contribution in [-0.4, -0.2) is 23.3 Å². The van der Waals surface area contributed by atoms with Crippen LogP contribution in [0.25, 0.3) is 0 Å². The van der Waals surface area contributed by atoms with E-state index in [-0.39, 0.29) is 30.9 Å². The maximum absolute atomic E-state index is 11.2. The number of carbonyl (C=O) groups excluding carboxylic acids is 2. The van der Waals surface area contributed by atoms with Crippen molar-refractivity contribution in [1.29, 1.82) is 5.26 Å². The molecule has 1 rings (SSSR count). The molecule has 7 nitrogen and oxygen atoms in total. The number of nitro benzene ring substituents is 1. The molecule has 0 saturated carbocycles. The number of esters is 1. The van der Waals surface area contributed by atoms with E-state index in [1.54, 1.807) is 6.07 Å². The van der Waals surface area contributed by atoms with Crippen molar-refractivity contribution in [2.75, 3.05) is 6.61 Å². The molecule has 1 atom stereocenters. The lowest BCUT2D eigenvalue weighted by Crippen LogP contribution is -2.11. The van der Waals surface area contributed by atoms with Crippen LogP contribution in [0.4, 0.5) is 5.69 Å². The SMILES string of the molecule is CC(=O)CC(=O)OCCC(C#N)c1cccc([N+](=O)[O-])c1. The second-order valence-corrected chi connectivity index (χ2v) is 4.42. The van der Waals surface area contributed by atoms with Gasteiger partial charge >= 0.3 is 5.97 Å². The molecule has 0 heterocycles. The molecule has 0 aromatic heterocycles. The first kappa shape index (κ1) is 16.3. The highest BCUT2D eigenvalue weighted by Crippen LogP contribution is 2.23. The molecule has 0 bridgehead atoms. The lowest BCUT2D eigenvalue weighted by Gasteiger charge is -2.09. The van der Waals surface area contributed by atoms with Crippen molar-refractivity contribution in [1.82, 2.24) is 0 Å². The average Bonchev–Trinajstić information content (AvgIpc) is 2.43. The molecule has 0 aliphatic carbocycles. The predicted molar refractivity (Wildman–Crippen MR) is 72.3 cm³/mol. The van der Waals surface area contributed by atoms with Crippen LogP contribution in [-0.2, 0) is 14.3 Å². The van der Waals surface area contributed by atoms with Gasteiger partial charge in [0.25, 0.3) is 5.69 Å². The summed E-state index contributed by atoms with van der Waals surface area (Å²) < 4.78 is 4.84. The highest BCUT2D eigenvalue weighted by Gasteiger charge is 2.15. The van der Waals surface area contributed by atoms with Gasteiger partial charge in [0, 0.05) is 18.6 Å². The zero-order chi connectivity index (χ0) is 15.8. The number of carbonyl (C=O) groups is 2. The molecule has 0 spiro atoms. The van der Waals surface area contributed by atoms with Gasteiger partial charge in [0.05, 0.1) is 23.5 Å². The molecule has 1 aromatic rings. The van der Waals surface area contributed by atoms with E-state index in [2.05, 4.69) is 0 Å². The van der Waals surface area contributed by atoms with Crippen LogP contribution in [0, 0.1) is 21.4 Å². The van der Waals surface area contributed by atoms with E-state index in [1.165, 1.54) is 25.1 Å². The summed E-state index contributed by atoms with van der Waals surface area (Å²) in [6.07, 6.45) is -0.0880. The molecule has 0 radical (unpaired) electrons. The second-order valence-electron chi connectivity index (χ2n) is 4.42. The third-order valence-corrected chi connectivity index (χ3v) is 2.70. The highest BCUT2D eigenvalue weighted by atomic mass is 16.6. The Hall–Kier alpha value is -2.75. The smallest absolute Gasteiger partial charge is 0.313 e. The summed E-state index contributed by atoms with van der Waals surface area (Å²) in [5.74, 6) is -1.55. The normalized spacial score (nSPS) is 11.2. The van der Waals surface area contributed by atoms with Gasteiger partial charge in [-0.15, -0.1) is 0 Å². The molecular weight excluding hydrogens is 276 g/mol. The first-order valence-electron chi connectivity index (χ1n) is 6.23. The van der Waals surface area contributed by atoms with Crippen molar-refractivity contribution >= 4 is 17.4 Å². The van der Waals surface area contributed by atoms with Gasteiger partial charge in [0.2, 0.25) is 0 Å². The summed E-state index contributed by atoms with van der Waals surface area (Å²) >= 11 is 0. The number of ether oxygens (including phenoxy) is 1. The topological polar surface area (TPSA) is 110 Å². The molecule has 0 saturated heterocycles. The number of nitriles is 1. The van der Waals surface area contributed by atoms with Crippen molar-refractivity contribution in [3.63, 3.8) is 0 Å². The minimum atomic E-state index is -0.641. The number of hydrogen-bond acceptors (Lipinski definition) is 6. The molecule has 7 heteroatoms. The zero-order valence-corrected chi connectivity index (χ0v) is 11.4. The zero-order valence-electron chi connectivity index (χ0n) is 11.4. The monoisotopic (exact) mass is 290 g/mol. The number of nitrogens with zero attached hydrogens (tertiary/aromatic N) is 2. The lowest BCUT2D eigenvalue weighted by atomic mass is 9.97. The van der Waals surface area contributed by atoms with E-state index in [1.807, 2.05) is 6.07 Å². The van der Waals surface area contributed by atoms with Crippen LogP contribution in [0.2, 0.25) is 0 Å². The number of Topliss-reactive ketones (excluding diaryl/α,β-unsaturated/α-hetero) is 1. The van der Waals surface area contributed by atoms with Crippen molar-refractivity contribution in [2.24, 2.45) is 0 Å². The van der Waals surface area contributed by atoms with Crippen molar-refractivity contribution in [2.45, 2.75) is 25.7 Å². The van der Waals surface area contributed by atoms with Gasteiger partial charge in [0.15, 0.2) is 0 Å². The van der Waals surface area contributed by atoms with E-state index < -0.39 is 16.8 Å². The fourth-order valence-corrected chi connectivity index (χ4v) is 1.71. The predicted octanol–water partition coefficient (Wildman–Crippen LogP) is 2.11. The Labute approximate surface area is 121 Å². The van der Waals surface area contributed by atoms with Crippen LogP contribution in [0.5, 0.6) is 0 Å². The largest absolute Gasteiger partial charge is 0.465 e. The van der Waals surface area contributed by atoms with Gasteiger partial charge in [-0.1, -0.05) is 12.1 Å². The number of ketones is 1. The molecule has 0 aliphatic heterocycles. The van der Waals surface area contributed by atoms with Crippen LogP contribution >= 0.6 is 0 Å². The minimum absolute atomic E-state index is 0.0208. The molecule has 110 valence electrons. The van der Waals surface area contributed by atoms with Gasteiger partial charge in [-0.25, -0.2) is 0 Å². The van der Waals surface area contributed by atoms with Crippen LogP contribution in [0.3, 0.4) is 0 Å². The Morgan fingerprint density at radius 2 is 2.19 bits per heavy atom. The maximum atomic E-state index is 11.2. The van der Waals surface area contributed by atoms with Gasteiger partial charge < -0.3 is 4.74 Å². The van der Waals surface area contributed by atoms with Gasteiger partial charge in [0.1, 0.15) is 12.2 Å². The van der Waals surface area contributed by atoms with E-state index in [0.29, 0.717) is 5.56 Å².